The van der Waals surface area contributed by atoms with E-state index in [-0.39, 0.29) is 6.29 Å². The molecule has 0 aromatic heterocycles. The Kier molecular flexibility index (Phi) is 9.99. The van der Waals surface area contributed by atoms with E-state index in [2.05, 4.69) is 6.92 Å². The first-order chi connectivity index (χ1) is 5.85. The predicted molar refractivity (Wildman–Crippen MR) is 52.0 cm³/mol. The summed E-state index contributed by atoms with van der Waals surface area (Å²) in [6.07, 6.45) is 1.80. The third-order valence-electron chi connectivity index (χ3n) is 1.29. The molecule has 0 spiro atoms. The largest absolute Gasteiger partial charge is 0.351 e. The highest BCUT2D eigenvalue weighted by molar-refractivity contribution is 6.18. The number of rotatable bonds is 8. The zero-order valence-corrected chi connectivity index (χ0v) is 8.90. The van der Waals surface area contributed by atoms with E-state index in [0.717, 1.165) is 12.8 Å². The van der Waals surface area contributed by atoms with Crippen molar-refractivity contribution in [2.24, 2.45) is 0 Å². The maximum Gasteiger partial charge on any atom is 0.157 e. The van der Waals surface area contributed by atoms with E-state index in [1.54, 1.807) is 0 Å². The Labute approximate surface area is 84.1 Å². The molecular weight excluding hydrogens is 199 g/mol. The fourth-order valence-corrected chi connectivity index (χ4v) is 0.981. The maximum absolute atomic E-state index is 5.47. The first kappa shape index (κ1) is 12.5. The molecule has 0 aliphatic heterocycles. The van der Waals surface area contributed by atoms with Crippen molar-refractivity contribution in [2.45, 2.75) is 26.1 Å². The molecule has 12 heavy (non-hydrogen) atoms. The molecule has 0 amide bonds. The van der Waals surface area contributed by atoms with Crippen molar-refractivity contribution in [3.63, 3.8) is 0 Å². The second kappa shape index (κ2) is 9.59. The van der Waals surface area contributed by atoms with Crippen LogP contribution in [0.15, 0.2) is 0 Å². The van der Waals surface area contributed by atoms with Crippen LogP contribution < -0.4 is 0 Å². The van der Waals surface area contributed by atoms with Crippen LogP contribution in [-0.4, -0.2) is 31.3 Å². The van der Waals surface area contributed by atoms with Gasteiger partial charge in [-0.25, -0.2) is 0 Å². The maximum atomic E-state index is 5.47. The molecule has 2 nitrogen and oxygen atoms in total. The summed E-state index contributed by atoms with van der Waals surface area (Å²) in [5.74, 6) is 1.01. The fraction of sp³-hybridized carbons (Fsp3) is 1.00. The molecule has 0 radical (unpaired) electrons. The van der Waals surface area contributed by atoms with Gasteiger partial charge in [-0.05, 0) is 6.42 Å². The molecule has 4 heteroatoms. The molecule has 0 saturated heterocycles. The summed E-state index contributed by atoms with van der Waals surface area (Å²) in [5, 5.41) is 0. The highest BCUT2D eigenvalue weighted by Gasteiger charge is 2.06. The van der Waals surface area contributed by atoms with E-state index in [9.17, 15) is 0 Å². The van der Waals surface area contributed by atoms with E-state index in [0.29, 0.717) is 25.0 Å². The predicted octanol–water partition coefficient (Wildman–Crippen LogP) is 2.62. The lowest BCUT2D eigenvalue weighted by Gasteiger charge is -2.16. The van der Waals surface area contributed by atoms with Crippen LogP contribution in [0, 0.1) is 0 Å². The van der Waals surface area contributed by atoms with Crippen LogP contribution in [0.3, 0.4) is 0 Å². The minimum Gasteiger partial charge on any atom is -0.351 e. The van der Waals surface area contributed by atoms with Crippen molar-refractivity contribution < 1.29 is 9.47 Å². The Morgan fingerprint density at radius 1 is 1.08 bits per heavy atom. The van der Waals surface area contributed by atoms with E-state index in [4.69, 9.17) is 32.7 Å². The minimum absolute atomic E-state index is 0.132. The molecule has 0 heterocycles. The van der Waals surface area contributed by atoms with E-state index in [1.807, 2.05) is 0 Å². The van der Waals surface area contributed by atoms with Gasteiger partial charge in [-0.3, -0.25) is 0 Å². The molecule has 0 fully saturated rings. The van der Waals surface area contributed by atoms with E-state index < -0.39 is 0 Å². The van der Waals surface area contributed by atoms with E-state index >= 15 is 0 Å². The van der Waals surface area contributed by atoms with E-state index in [1.165, 1.54) is 0 Å². The molecule has 0 saturated carbocycles. The monoisotopic (exact) mass is 214 g/mol. The van der Waals surface area contributed by atoms with Gasteiger partial charge in [0.15, 0.2) is 6.29 Å². The van der Waals surface area contributed by atoms with Crippen molar-refractivity contribution in [1.29, 1.82) is 0 Å². The molecule has 0 atom stereocenters. The van der Waals surface area contributed by atoms with Crippen LogP contribution in [-0.2, 0) is 9.47 Å². The van der Waals surface area contributed by atoms with Gasteiger partial charge in [-0.15, -0.1) is 23.2 Å². The molecule has 0 bridgehead atoms. The molecule has 0 rings (SSSR count). The Bertz CT molecular complexity index is 83.1. The number of hydrogen-bond acceptors (Lipinski definition) is 2. The van der Waals surface area contributed by atoms with Crippen molar-refractivity contribution in [3.8, 4) is 0 Å². The van der Waals surface area contributed by atoms with Gasteiger partial charge in [0, 0.05) is 11.8 Å². The van der Waals surface area contributed by atoms with Gasteiger partial charge in [0.1, 0.15) is 0 Å². The van der Waals surface area contributed by atoms with Crippen LogP contribution in [0.5, 0.6) is 0 Å². The summed E-state index contributed by atoms with van der Waals surface area (Å²) in [6, 6.07) is 0. The number of hydrogen-bond donors (Lipinski definition) is 0. The Hall–Kier alpha value is 0.500. The van der Waals surface area contributed by atoms with Gasteiger partial charge in [0.25, 0.3) is 0 Å². The quantitative estimate of drug-likeness (QED) is 0.457. The summed E-state index contributed by atoms with van der Waals surface area (Å²) < 4.78 is 10.6. The number of alkyl halides is 2. The summed E-state index contributed by atoms with van der Waals surface area (Å²) in [7, 11) is 0. The average molecular weight is 215 g/mol. The van der Waals surface area contributed by atoms with Crippen LogP contribution in [0.4, 0.5) is 0 Å². The lowest BCUT2D eigenvalue weighted by molar-refractivity contribution is -0.138. The zero-order chi connectivity index (χ0) is 9.23. The van der Waals surface area contributed by atoms with Gasteiger partial charge in [-0.2, -0.15) is 0 Å². The van der Waals surface area contributed by atoms with Crippen LogP contribution in [0.2, 0.25) is 0 Å². The third-order valence-corrected chi connectivity index (χ3v) is 1.59. The Morgan fingerprint density at radius 3 is 1.92 bits per heavy atom. The van der Waals surface area contributed by atoms with Crippen molar-refractivity contribution in [1.82, 2.24) is 0 Å². The minimum atomic E-state index is -0.132. The zero-order valence-electron chi connectivity index (χ0n) is 7.39. The molecule has 0 aromatic rings. The Balaban J connectivity index is 3.40. The second-order valence-electron chi connectivity index (χ2n) is 2.34. The standard InChI is InChI=1S/C8H16Cl2O2/c1-2-3-8(11-6-4-9)12-7-5-10/h8H,2-7H2,1H3. The van der Waals surface area contributed by atoms with Crippen molar-refractivity contribution in [2.75, 3.05) is 25.0 Å². The average Bonchev–Trinajstić information content (AvgIpc) is 2.10. The lowest BCUT2D eigenvalue weighted by Crippen LogP contribution is -2.19. The SMILES string of the molecule is CCCC(OCCCl)OCCCl. The molecule has 74 valence electrons. The molecule has 0 aliphatic rings. The first-order valence-corrected chi connectivity index (χ1v) is 5.27. The second-order valence-corrected chi connectivity index (χ2v) is 3.09. The summed E-state index contributed by atoms with van der Waals surface area (Å²) in [5.41, 5.74) is 0. The van der Waals surface area contributed by atoms with Crippen molar-refractivity contribution >= 4 is 23.2 Å². The van der Waals surface area contributed by atoms with Crippen LogP contribution >= 0.6 is 23.2 Å². The lowest BCUT2D eigenvalue weighted by atomic mass is 10.3. The normalized spacial score (nSPS) is 11.0. The molecule has 0 N–H and O–H groups in total. The highest BCUT2D eigenvalue weighted by atomic mass is 35.5. The first-order valence-electron chi connectivity index (χ1n) is 4.20. The Morgan fingerprint density at radius 2 is 1.58 bits per heavy atom. The van der Waals surface area contributed by atoms with Gasteiger partial charge >= 0.3 is 0 Å². The number of ether oxygens (including phenoxy) is 2. The molecule has 0 aromatic carbocycles. The summed E-state index contributed by atoms with van der Waals surface area (Å²) in [4.78, 5) is 0. The van der Waals surface area contributed by atoms with Gasteiger partial charge < -0.3 is 9.47 Å². The van der Waals surface area contributed by atoms with Gasteiger partial charge in [0.05, 0.1) is 13.2 Å². The fourth-order valence-electron chi connectivity index (χ4n) is 0.802. The number of halogens is 2. The summed E-state index contributed by atoms with van der Waals surface area (Å²) in [6.45, 7) is 3.16. The smallest absolute Gasteiger partial charge is 0.157 e. The van der Waals surface area contributed by atoms with Crippen molar-refractivity contribution in [3.05, 3.63) is 0 Å². The van der Waals surface area contributed by atoms with Gasteiger partial charge in [0.2, 0.25) is 0 Å². The molecule has 0 unspecified atom stereocenters. The molecular formula is C8H16Cl2O2. The highest BCUT2D eigenvalue weighted by Crippen LogP contribution is 2.04. The molecule has 0 aliphatic carbocycles. The summed E-state index contributed by atoms with van der Waals surface area (Å²) >= 11 is 10.9. The third kappa shape index (κ3) is 7.17. The van der Waals surface area contributed by atoms with Crippen LogP contribution in [0.1, 0.15) is 19.8 Å². The topological polar surface area (TPSA) is 18.5 Å². The van der Waals surface area contributed by atoms with Crippen LogP contribution in [0.25, 0.3) is 0 Å². The van der Waals surface area contributed by atoms with Gasteiger partial charge in [-0.1, -0.05) is 13.3 Å².